The van der Waals surface area contributed by atoms with Crippen molar-refractivity contribution in [3.05, 3.63) is 64.7 Å². The van der Waals surface area contributed by atoms with Crippen molar-refractivity contribution in [3.63, 3.8) is 0 Å². The van der Waals surface area contributed by atoms with Gasteiger partial charge in [-0.25, -0.2) is 0 Å². The number of benzene rings is 2. The van der Waals surface area contributed by atoms with E-state index in [1.807, 2.05) is 13.0 Å². The van der Waals surface area contributed by atoms with Gasteiger partial charge in [0.15, 0.2) is 6.10 Å². The molecule has 0 aliphatic heterocycles. The van der Waals surface area contributed by atoms with Crippen LogP contribution in [0.15, 0.2) is 48.5 Å². The van der Waals surface area contributed by atoms with E-state index in [9.17, 15) is 4.79 Å². The molecular weight excluding hydrogens is 334 g/mol. The minimum atomic E-state index is -0.512. The number of carbonyl (C=O) groups excluding carboxylic acids is 1. The van der Waals surface area contributed by atoms with E-state index in [2.05, 4.69) is 43.4 Å². The van der Waals surface area contributed by atoms with Crippen LogP contribution in [0.4, 0.5) is 0 Å². The summed E-state index contributed by atoms with van der Waals surface area (Å²) in [5, 5.41) is 3.55. The molecule has 0 aromatic heterocycles. The fourth-order valence-electron chi connectivity index (χ4n) is 2.54. The Morgan fingerprint density at radius 2 is 1.88 bits per heavy atom. The first-order valence-electron chi connectivity index (χ1n) is 8.78. The molecule has 0 aliphatic carbocycles. The fraction of sp³-hybridized carbons (Fsp3) is 0.381. The molecule has 1 N–H and O–H groups in total. The third kappa shape index (κ3) is 6.09. The van der Waals surface area contributed by atoms with E-state index in [-0.39, 0.29) is 5.91 Å². The van der Waals surface area contributed by atoms with Crippen LogP contribution in [0.2, 0.25) is 5.02 Å². The second kappa shape index (κ2) is 9.47. The van der Waals surface area contributed by atoms with Gasteiger partial charge in [0.25, 0.3) is 5.91 Å². The lowest BCUT2D eigenvalue weighted by atomic mass is 10.0. The Morgan fingerprint density at radius 3 is 2.48 bits per heavy atom. The van der Waals surface area contributed by atoms with Crippen molar-refractivity contribution in [2.45, 2.75) is 45.6 Å². The van der Waals surface area contributed by atoms with Crippen LogP contribution < -0.4 is 10.1 Å². The van der Waals surface area contributed by atoms with E-state index >= 15 is 0 Å². The molecule has 0 unspecified atom stereocenters. The third-order valence-corrected chi connectivity index (χ3v) is 4.33. The summed E-state index contributed by atoms with van der Waals surface area (Å²) in [6, 6.07) is 15.7. The molecule has 0 fully saturated rings. The van der Waals surface area contributed by atoms with Gasteiger partial charge >= 0.3 is 0 Å². The highest BCUT2D eigenvalue weighted by atomic mass is 35.5. The molecule has 0 spiro atoms. The lowest BCUT2D eigenvalue weighted by molar-refractivity contribution is -0.128. The van der Waals surface area contributed by atoms with E-state index in [0.717, 1.165) is 6.42 Å². The first kappa shape index (κ1) is 19.3. The van der Waals surface area contributed by atoms with Crippen molar-refractivity contribution in [1.29, 1.82) is 0 Å². The summed E-state index contributed by atoms with van der Waals surface area (Å²) in [5.74, 6) is 1.04. The second-order valence-electron chi connectivity index (χ2n) is 6.41. The van der Waals surface area contributed by atoms with E-state index in [4.69, 9.17) is 16.3 Å². The smallest absolute Gasteiger partial charge is 0.261 e. The molecule has 0 aliphatic rings. The summed E-state index contributed by atoms with van der Waals surface area (Å²) < 4.78 is 5.75. The first-order valence-corrected chi connectivity index (χ1v) is 9.16. The van der Waals surface area contributed by atoms with E-state index in [1.54, 1.807) is 18.2 Å². The Hall–Kier alpha value is -2.00. The molecule has 0 saturated heterocycles. The van der Waals surface area contributed by atoms with Crippen LogP contribution >= 0.6 is 11.6 Å². The molecule has 0 heterocycles. The van der Waals surface area contributed by atoms with Gasteiger partial charge in [-0.1, -0.05) is 62.7 Å². The Bertz CT molecular complexity index is 683. The van der Waals surface area contributed by atoms with Crippen LogP contribution in [0.5, 0.6) is 5.75 Å². The number of halogens is 1. The molecule has 4 heteroatoms. The highest BCUT2D eigenvalue weighted by Gasteiger charge is 2.17. The minimum Gasteiger partial charge on any atom is -0.481 e. The zero-order valence-electron chi connectivity index (χ0n) is 15.1. The molecule has 1 atom stereocenters. The second-order valence-corrected chi connectivity index (χ2v) is 6.85. The standard InChI is InChI=1S/C21H26ClNO2/c1-4-20(25-19-7-5-6-18(22)14-19)21(24)23-13-12-16-8-10-17(11-9-16)15(2)3/h5-11,14-15,20H,4,12-13H2,1-3H3,(H,23,24)/t20-/m0/s1. The van der Waals surface area contributed by atoms with Gasteiger partial charge in [-0.2, -0.15) is 0 Å². The SMILES string of the molecule is CC[C@H](Oc1cccc(Cl)c1)C(=O)NCCc1ccc(C(C)C)cc1. The van der Waals surface area contributed by atoms with Crippen molar-refractivity contribution in [1.82, 2.24) is 5.32 Å². The molecule has 3 nitrogen and oxygen atoms in total. The van der Waals surface area contributed by atoms with Gasteiger partial charge in [-0.3, -0.25) is 4.79 Å². The number of carbonyl (C=O) groups is 1. The Morgan fingerprint density at radius 1 is 1.16 bits per heavy atom. The number of hydrogen-bond donors (Lipinski definition) is 1. The quantitative estimate of drug-likeness (QED) is 0.721. The summed E-state index contributed by atoms with van der Waals surface area (Å²) in [4.78, 5) is 12.3. The summed E-state index contributed by atoms with van der Waals surface area (Å²) in [6.07, 6.45) is 0.890. The normalized spacial score (nSPS) is 12.0. The number of hydrogen-bond acceptors (Lipinski definition) is 2. The number of nitrogens with one attached hydrogen (secondary N) is 1. The van der Waals surface area contributed by atoms with Crippen molar-refractivity contribution in [3.8, 4) is 5.75 Å². The van der Waals surface area contributed by atoms with E-state index < -0.39 is 6.10 Å². The average molecular weight is 360 g/mol. The van der Waals surface area contributed by atoms with Crippen molar-refractivity contribution in [2.24, 2.45) is 0 Å². The van der Waals surface area contributed by atoms with Gasteiger partial charge < -0.3 is 10.1 Å². The molecule has 2 aromatic carbocycles. The summed E-state index contributed by atoms with van der Waals surface area (Å²) in [7, 11) is 0. The van der Waals surface area contributed by atoms with Gasteiger partial charge in [0.1, 0.15) is 5.75 Å². The highest BCUT2D eigenvalue weighted by molar-refractivity contribution is 6.30. The van der Waals surface area contributed by atoms with Crippen LogP contribution in [0.3, 0.4) is 0 Å². The Kier molecular flexibility index (Phi) is 7.32. The molecular formula is C21H26ClNO2. The summed E-state index contributed by atoms with van der Waals surface area (Å²) >= 11 is 5.95. The van der Waals surface area contributed by atoms with Gasteiger partial charge in [0.2, 0.25) is 0 Å². The van der Waals surface area contributed by atoms with Crippen molar-refractivity contribution in [2.75, 3.05) is 6.54 Å². The van der Waals surface area contributed by atoms with Crippen LogP contribution in [-0.2, 0) is 11.2 Å². The number of ether oxygens (including phenoxy) is 1. The molecule has 25 heavy (non-hydrogen) atoms. The maximum Gasteiger partial charge on any atom is 0.261 e. The monoisotopic (exact) mass is 359 g/mol. The molecule has 2 aromatic rings. The predicted octanol–water partition coefficient (Wildman–Crippen LogP) is 4.98. The molecule has 0 radical (unpaired) electrons. The third-order valence-electron chi connectivity index (χ3n) is 4.10. The Balaban J connectivity index is 1.83. The maximum absolute atomic E-state index is 12.3. The van der Waals surface area contributed by atoms with Crippen molar-refractivity contribution < 1.29 is 9.53 Å². The zero-order valence-corrected chi connectivity index (χ0v) is 15.8. The topological polar surface area (TPSA) is 38.3 Å². The number of rotatable bonds is 8. The minimum absolute atomic E-state index is 0.0960. The van der Waals surface area contributed by atoms with Gasteiger partial charge in [0, 0.05) is 11.6 Å². The predicted molar refractivity (Wildman–Crippen MR) is 103 cm³/mol. The van der Waals surface area contributed by atoms with E-state index in [1.165, 1.54) is 11.1 Å². The number of amides is 1. The fourth-order valence-corrected chi connectivity index (χ4v) is 2.72. The summed E-state index contributed by atoms with van der Waals surface area (Å²) in [5.41, 5.74) is 2.54. The Labute approximate surface area is 155 Å². The van der Waals surface area contributed by atoms with Crippen LogP contribution in [-0.4, -0.2) is 18.6 Å². The van der Waals surface area contributed by atoms with Crippen LogP contribution in [0.25, 0.3) is 0 Å². The van der Waals surface area contributed by atoms with Gasteiger partial charge in [-0.05, 0) is 48.1 Å². The largest absolute Gasteiger partial charge is 0.481 e. The highest BCUT2D eigenvalue weighted by Crippen LogP contribution is 2.19. The van der Waals surface area contributed by atoms with E-state index in [0.29, 0.717) is 29.7 Å². The lowest BCUT2D eigenvalue weighted by Crippen LogP contribution is -2.38. The average Bonchev–Trinajstić information content (AvgIpc) is 2.60. The first-order chi connectivity index (χ1) is 12.0. The summed E-state index contributed by atoms with van der Waals surface area (Å²) in [6.45, 7) is 6.88. The van der Waals surface area contributed by atoms with Crippen LogP contribution in [0.1, 0.15) is 44.2 Å². The maximum atomic E-state index is 12.3. The lowest BCUT2D eigenvalue weighted by Gasteiger charge is -2.17. The van der Waals surface area contributed by atoms with Gasteiger partial charge in [0.05, 0.1) is 0 Å². The molecule has 0 bridgehead atoms. The molecule has 134 valence electrons. The molecule has 2 rings (SSSR count). The van der Waals surface area contributed by atoms with Gasteiger partial charge in [-0.15, -0.1) is 0 Å². The molecule has 0 saturated carbocycles. The molecule has 1 amide bonds. The van der Waals surface area contributed by atoms with Crippen molar-refractivity contribution >= 4 is 17.5 Å². The van der Waals surface area contributed by atoms with Crippen LogP contribution in [0, 0.1) is 0 Å². The zero-order chi connectivity index (χ0) is 18.2.